The van der Waals surface area contributed by atoms with Crippen LogP contribution >= 0.6 is 0 Å². The molecular weight excluding hydrogens is 212 g/mol. The van der Waals surface area contributed by atoms with Crippen LogP contribution < -0.4 is 5.73 Å². The minimum Gasteiger partial charge on any atom is -0.366 e. The summed E-state index contributed by atoms with van der Waals surface area (Å²) in [5, 5.41) is 1.09. The number of fused-ring (bicyclic) bond motifs is 1. The van der Waals surface area contributed by atoms with Crippen molar-refractivity contribution < 1.29 is 4.79 Å². The van der Waals surface area contributed by atoms with Gasteiger partial charge in [0.05, 0.1) is 0 Å². The summed E-state index contributed by atoms with van der Waals surface area (Å²) in [6, 6.07) is 8.21. The van der Waals surface area contributed by atoms with Crippen LogP contribution in [0.4, 0.5) is 0 Å². The molecule has 0 saturated heterocycles. The Morgan fingerprint density at radius 2 is 2.06 bits per heavy atom. The van der Waals surface area contributed by atoms with E-state index in [0.717, 1.165) is 11.8 Å². The van der Waals surface area contributed by atoms with Crippen LogP contribution in [0.5, 0.6) is 0 Å². The molecule has 1 heterocycles. The van der Waals surface area contributed by atoms with Crippen molar-refractivity contribution in [2.75, 3.05) is 0 Å². The van der Waals surface area contributed by atoms with Crippen LogP contribution in [0.3, 0.4) is 0 Å². The highest BCUT2D eigenvalue weighted by molar-refractivity contribution is 5.97. The molecule has 0 aliphatic heterocycles. The van der Waals surface area contributed by atoms with Gasteiger partial charge in [-0.05, 0) is 44.5 Å². The van der Waals surface area contributed by atoms with Gasteiger partial charge in [-0.2, -0.15) is 0 Å². The van der Waals surface area contributed by atoms with Crippen molar-refractivity contribution in [3.63, 3.8) is 0 Å². The molecule has 0 aliphatic carbocycles. The van der Waals surface area contributed by atoms with Crippen molar-refractivity contribution >= 4 is 16.8 Å². The Kier molecular flexibility index (Phi) is 2.92. The zero-order valence-electron chi connectivity index (χ0n) is 10.5. The molecule has 0 atom stereocenters. The third-order valence-electron chi connectivity index (χ3n) is 3.08. The van der Waals surface area contributed by atoms with E-state index in [1.165, 1.54) is 11.2 Å². The van der Waals surface area contributed by atoms with Gasteiger partial charge in [0.25, 0.3) is 0 Å². The lowest BCUT2D eigenvalue weighted by Crippen LogP contribution is -2.10. The molecule has 3 heteroatoms. The first-order chi connectivity index (χ1) is 8.04. The SMILES string of the molecule is CCc1cc2cc(C(N)=O)ccc2n1C(C)C. The lowest BCUT2D eigenvalue weighted by molar-refractivity contribution is 0.100. The van der Waals surface area contributed by atoms with Crippen molar-refractivity contribution in [2.24, 2.45) is 5.73 Å². The maximum Gasteiger partial charge on any atom is 0.248 e. The van der Waals surface area contributed by atoms with E-state index in [4.69, 9.17) is 5.73 Å². The molecule has 0 spiro atoms. The molecule has 90 valence electrons. The van der Waals surface area contributed by atoms with Crippen molar-refractivity contribution in [1.29, 1.82) is 0 Å². The number of rotatable bonds is 3. The van der Waals surface area contributed by atoms with Gasteiger partial charge in [0, 0.05) is 28.2 Å². The van der Waals surface area contributed by atoms with Gasteiger partial charge in [0.15, 0.2) is 0 Å². The minimum atomic E-state index is -0.373. The lowest BCUT2D eigenvalue weighted by atomic mass is 10.1. The van der Waals surface area contributed by atoms with Gasteiger partial charge in [0.1, 0.15) is 0 Å². The molecule has 2 N–H and O–H groups in total. The molecule has 1 amide bonds. The fraction of sp³-hybridized carbons (Fsp3) is 0.357. The fourth-order valence-electron chi connectivity index (χ4n) is 2.33. The highest BCUT2D eigenvalue weighted by atomic mass is 16.1. The fourth-order valence-corrected chi connectivity index (χ4v) is 2.33. The van der Waals surface area contributed by atoms with Gasteiger partial charge in [-0.1, -0.05) is 6.92 Å². The minimum absolute atomic E-state index is 0.373. The maximum atomic E-state index is 11.2. The molecule has 0 fully saturated rings. The smallest absolute Gasteiger partial charge is 0.248 e. The number of carbonyl (C=O) groups excluding carboxylic acids is 1. The number of nitrogens with zero attached hydrogens (tertiary/aromatic N) is 1. The van der Waals surface area contributed by atoms with Crippen LogP contribution in [0.15, 0.2) is 24.3 Å². The Morgan fingerprint density at radius 3 is 2.59 bits per heavy atom. The standard InChI is InChI=1S/C14H18N2O/c1-4-12-8-11-7-10(14(15)17)5-6-13(11)16(12)9(2)3/h5-9H,4H2,1-3H3,(H2,15,17). The van der Waals surface area contributed by atoms with Crippen molar-refractivity contribution in [3.05, 3.63) is 35.5 Å². The summed E-state index contributed by atoms with van der Waals surface area (Å²) < 4.78 is 2.31. The molecule has 0 bridgehead atoms. The molecule has 2 aromatic rings. The van der Waals surface area contributed by atoms with E-state index in [9.17, 15) is 4.79 Å². The topological polar surface area (TPSA) is 48.0 Å². The summed E-state index contributed by atoms with van der Waals surface area (Å²) in [6.07, 6.45) is 0.985. The largest absolute Gasteiger partial charge is 0.366 e. The van der Waals surface area contributed by atoms with Crippen molar-refractivity contribution in [1.82, 2.24) is 4.57 Å². The molecule has 0 aliphatic rings. The Labute approximate surface area is 101 Å². The highest BCUT2D eigenvalue weighted by Gasteiger charge is 2.11. The Bertz CT molecular complexity index is 567. The molecule has 2 rings (SSSR count). The van der Waals surface area contributed by atoms with Gasteiger partial charge in [-0.25, -0.2) is 0 Å². The summed E-state index contributed by atoms with van der Waals surface area (Å²) in [6.45, 7) is 6.48. The molecular formula is C14H18N2O. The van der Waals surface area contributed by atoms with E-state index in [0.29, 0.717) is 11.6 Å². The van der Waals surface area contributed by atoms with Crippen LogP contribution in [-0.2, 0) is 6.42 Å². The zero-order chi connectivity index (χ0) is 12.6. The van der Waals surface area contributed by atoms with Crippen LogP contribution in [0.2, 0.25) is 0 Å². The van der Waals surface area contributed by atoms with E-state index in [1.54, 1.807) is 6.07 Å². The number of hydrogen-bond acceptors (Lipinski definition) is 1. The first-order valence-electron chi connectivity index (χ1n) is 5.98. The predicted molar refractivity (Wildman–Crippen MR) is 70.2 cm³/mol. The first kappa shape index (κ1) is 11.7. The zero-order valence-corrected chi connectivity index (χ0v) is 10.5. The average Bonchev–Trinajstić information content (AvgIpc) is 2.65. The number of primary amides is 1. The number of nitrogens with two attached hydrogens (primary N) is 1. The summed E-state index contributed by atoms with van der Waals surface area (Å²) in [4.78, 5) is 11.2. The second kappa shape index (κ2) is 4.24. The summed E-state index contributed by atoms with van der Waals surface area (Å²) in [5.74, 6) is -0.373. The number of amides is 1. The van der Waals surface area contributed by atoms with Crippen LogP contribution in [0, 0.1) is 0 Å². The molecule has 17 heavy (non-hydrogen) atoms. The summed E-state index contributed by atoms with van der Waals surface area (Å²) >= 11 is 0. The normalized spacial score (nSPS) is 11.3. The molecule has 1 aromatic carbocycles. The molecule has 0 radical (unpaired) electrons. The monoisotopic (exact) mass is 230 g/mol. The number of aromatic nitrogens is 1. The van der Waals surface area contributed by atoms with E-state index in [2.05, 4.69) is 31.4 Å². The Balaban J connectivity index is 2.69. The predicted octanol–water partition coefficient (Wildman–Crippen LogP) is 2.88. The molecule has 0 unspecified atom stereocenters. The third-order valence-corrected chi connectivity index (χ3v) is 3.08. The van der Waals surface area contributed by atoms with Gasteiger partial charge < -0.3 is 10.3 Å². The van der Waals surface area contributed by atoms with Gasteiger partial charge in [-0.15, -0.1) is 0 Å². The Morgan fingerprint density at radius 1 is 1.35 bits per heavy atom. The van der Waals surface area contributed by atoms with Gasteiger partial charge >= 0.3 is 0 Å². The van der Waals surface area contributed by atoms with E-state index in [1.807, 2.05) is 12.1 Å². The first-order valence-corrected chi connectivity index (χ1v) is 5.98. The highest BCUT2D eigenvalue weighted by Crippen LogP contribution is 2.25. The second-order valence-corrected chi connectivity index (χ2v) is 4.59. The van der Waals surface area contributed by atoms with Crippen molar-refractivity contribution in [2.45, 2.75) is 33.2 Å². The van der Waals surface area contributed by atoms with E-state index >= 15 is 0 Å². The lowest BCUT2D eigenvalue weighted by Gasteiger charge is -2.13. The number of hydrogen-bond donors (Lipinski definition) is 1. The van der Waals surface area contributed by atoms with E-state index < -0.39 is 0 Å². The van der Waals surface area contributed by atoms with Gasteiger partial charge in [0.2, 0.25) is 5.91 Å². The molecule has 0 saturated carbocycles. The quantitative estimate of drug-likeness (QED) is 0.866. The maximum absolute atomic E-state index is 11.2. The van der Waals surface area contributed by atoms with Crippen LogP contribution in [-0.4, -0.2) is 10.5 Å². The third kappa shape index (κ3) is 1.93. The number of carbonyl (C=O) groups is 1. The second-order valence-electron chi connectivity index (χ2n) is 4.59. The molecule has 3 nitrogen and oxygen atoms in total. The average molecular weight is 230 g/mol. The number of aryl methyl sites for hydroxylation is 1. The Hall–Kier alpha value is -1.77. The molecule has 1 aromatic heterocycles. The number of benzene rings is 1. The van der Waals surface area contributed by atoms with Gasteiger partial charge in [-0.3, -0.25) is 4.79 Å². The van der Waals surface area contributed by atoms with Crippen LogP contribution in [0.25, 0.3) is 10.9 Å². The van der Waals surface area contributed by atoms with E-state index in [-0.39, 0.29) is 5.91 Å². The van der Waals surface area contributed by atoms with Crippen LogP contribution in [0.1, 0.15) is 42.9 Å². The van der Waals surface area contributed by atoms with Crippen molar-refractivity contribution in [3.8, 4) is 0 Å². The summed E-state index contributed by atoms with van der Waals surface area (Å²) in [5.41, 5.74) is 8.32. The summed E-state index contributed by atoms with van der Waals surface area (Å²) in [7, 11) is 0.